The molecule has 0 aliphatic carbocycles. The highest BCUT2D eigenvalue weighted by Gasteiger charge is 2.32. The number of halogens is 2. The fourth-order valence-electron chi connectivity index (χ4n) is 3.44. The van der Waals surface area contributed by atoms with Crippen LogP contribution in [0.5, 0.6) is 5.75 Å². The number of hydrogen-bond donors (Lipinski definition) is 1. The van der Waals surface area contributed by atoms with Crippen molar-refractivity contribution in [3.05, 3.63) is 52.0 Å². The fraction of sp³-hybridized carbons (Fsp3) is 0.381. The van der Waals surface area contributed by atoms with Crippen LogP contribution < -0.4 is 10.1 Å². The molecule has 1 aliphatic rings. The second kappa shape index (κ2) is 9.56. The monoisotopic (exact) mass is 470 g/mol. The Kier molecular flexibility index (Phi) is 7.29. The summed E-state index contributed by atoms with van der Waals surface area (Å²) in [5, 5.41) is 3.45. The average molecular weight is 471 g/mol. The van der Waals surface area contributed by atoms with Gasteiger partial charge in [-0.3, -0.25) is 4.79 Å². The molecule has 162 valence electrons. The van der Waals surface area contributed by atoms with E-state index in [1.807, 2.05) is 13.8 Å². The molecule has 6 nitrogen and oxygen atoms in total. The van der Waals surface area contributed by atoms with E-state index < -0.39 is 10.0 Å². The minimum Gasteiger partial charge on any atom is -0.494 e. The van der Waals surface area contributed by atoms with Crippen LogP contribution in [0.2, 0.25) is 10.0 Å². The summed E-state index contributed by atoms with van der Waals surface area (Å²) in [6.07, 6.45) is 0.860. The number of sulfonamides is 1. The van der Waals surface area contributed by atoms with Crippen LogP contribution in [0.25, 0.3) is 0 Å². The van der Waals surface area contributed by atoms with Crippen molar-refractivity contribution in [1.82, 2.24) is 4.31 Å². The van der Waals surface area contributed by atoms with Crippen LogP contribution in [0.4, 0.5) is 5.69 Å². The van der Waals surface area contributed by atoms with Crippen molar-refractivity contribution in [2.24, 2.45) is 5.92 Å². The SMILES string of the molecule is CCOc1ccc(S(=O)(=O)N2CCC(C(=O)Nc3cccc(Cl)c3Cl)CC2)cc1C. The first-order valence-electron chi connectivity index (χ1n) is 9.72. The number of aryl methyl sites for hydroxylation is 1. The van der Waals surface area contributed by atoms with E-state index in [2.05, 4.69) is 5.32 Å². The molecule has 0 aromatic heterocycles. The Hall–Kier alpha value is -1.80. The van der Waals surface area contributed by atoms with Crippen LogP contribution in [0.15, 0.2) is 41.3 Å². The Morgan fingerprint density at radius 2 is 1.90 bits per heavy atom. The van der Waals surface area contributed by atoms with Crippen LogP contribution in [-0.4, -0.2) is 38.3 Å². The quantitative estimate of drug-likeness (QED) is 0.661. The fourth-order valence-corrected chi connectivity index (χ4v) is 5.35. The Morgan fingerprint density at radius 1 is 1.20 bits per heavy atom. The Morgan fingerprint density at radius 3 is 2.53 bits per heavy atom. The van der Waals surface area contributed by atoms with E-state index in [1.54, 1.807) is 36.4 Å². The smallest absolute Gasteiger partial charge is 0.243 e. The zero-order valence-corrected chi connectivity index (χ0v) is 19.1. The van der Waals surface area contributed by atoms with Gasteiger partial charge in [0.2, 0.25) is 15.9 Å². The molecule has 2 aromatic rings. The number of hydrogen-bond acceptors (Lipinski definition) is 4. The molecular weight excluding hydrogens is 447 g/mol. The van der Waals surface area contributed by atoms with Gasteiger partial charge in [0, 0.05) is 19.0 Å². The standard InChI is InChI=1S/C21H24Cl2N2O4S/c1-3-29-19-8-7-16(13-14(19)2)30(27,28)25-11-9-15(10-12-25)21(26)24-18-6-4-5-17(22)20(18)23/h4-8,13,15H,3,9-12H2,1-2H3,(H,24,26). The van der Waals surface area contributed by atoms with Crippen LogP contribution in [0.3, 0.4) is 0 Å². The number of nitrogens with one attached hydrogen (secondary N) is 1. The van der Waals surface area contributed by atoms with Crippen LogP contribution >= 0.6 is 23.2 Å². The maximum absolute atomic E-state index is 13.0. The van der Waals surface area contributed by atoms with Crippen LogP contribution in [0, 0.1) is 12.8 Å². The highest BCUT2D eigenvalue weighted by atomic mass is 35.5. The molecule has 1 fully saturated rings. The molecule has 3 rings (SSSR count). The predicted molar refractivity (Wildman–Crippen MR) is 119 cm³/mol. The van der Waals surface area contributed by atoms with Gasteiger partial charge in [-0.25, -0.2) is 8.42 Å². The first-order chi connectivity index (χ1) is 14.2. The Labute approximate surface area is 187 Å². The highest BCUT2D eigenvalue weighted by Crippen LogP contribution is 2.31. The number of anilines is 1. The van der Waals surface area contributed by atoms with Crippen molar-refractivity contribution in [2.45, 2.75) is 31.6 Å². The largest absolute Gasteiger partial charge is 0.494 e. The van der Waals surface area contributed by atoms with Gasteiger partial charge in [-0.05, 0) is 62.6 Å². The molecule has 1 amide bonds. The third-order valence-corrected chi connectivity index (χ3v) is 7.83. The van der Waals surface area contributed by atoms with Gasteiger partial charge in [0.1, 0.15) is 5.75 Å². The van der Waals surface area contributed by atoms with Gasteiger partial charge >= 0.3 is 0 Å². The molecule has 1 saturated heterocycles. The summed E-state index contributed by atoms with van der Waals surface area (Å²) in [7, 11) is -3.63. The molecule has 1 N–H and O–H groups in total. The van der Waals surface area contributed by atoms with E-state index in [0.717, 1.165) is 5.56 Å². The lowest BCUT2D eigenvalue weighted by atomic mass is 9.97. The van der Waals surface area contributed by atoms with E-state index in [4.69, 9.17) is 27.9 Å². The van der Waals surface area contributed by atoms with E-state index in [-0.39, 0.29) is 29.8 Å². The molecule has 0 spiro atoms. The summed E-state index contributed by atoms with van der Waals surface area (Å²) in [4.78, 5) is 12.8. The van der Waals surface area contributed by atoms with E-state index in [0.29, 0.717) is 40.9 Å². The minimum atomic E-state index is -3.63. The lowest BCUT2D eigenvalue weighted by Gasteiger charge is -2.30. The molecular formula is C21H24Cl2N2O4S. The van der Waals surface area contributed by atoms with Crippen molar-refractivity contribution in [3.63, 3.8) is 0 Å². The molecule has 0 bridgehead atoms. The number of nitrogens with zero attached hydrogens (tertiary/aromatic N) is 1. The van der Waals surface area contributed by atoms with Gasteiger partial charge in [0.25, 0.3) is 0 Å². The molecule has 1 aliphatic heterocycles. The number of rotatable bonds is 6. The third kappa shape index (κ3) is 4.91. The number of carbonyl (C=O) groups excluding carboxylic acids is 1. The van der Waals surface area contributed by atoms with Gasteiger partial charge in [0.05, 0.1) is 27.2 Å². The molecule has 0 unspecified atom stereocenters. The molecule has 1 heterocycles. The van der Waals surface area contributed by atoms with Crippen molar-refractivity contribution in [3.8, 4) is 5.75 Å². The summed E-state index contributed by atoms with van der Waals surface area (Å²) in [6, 6.07) is 9.90. The summed E-state index contributed by atoms with van der Waals surface area (Å²) in [6.45, 7) is 4.76. The Balaban J connectivity index is 1.65. The van der Waals surface area contributed by atoms with Gasteiger partial charge in [-0.1, -0.05) is 29.3 Å². The van der Waals surface area contributed by atoms with Gasteiger partial charge in [-0.15, -0.1) is 0 Å². The maximum atomic E-state index is 13.0. The first kappa shape index (κ1) is 22.9. The summed E-state index contributed by atoms with van der Waals surface area (Å²) >= 11 is 12.1. The number of piperidine rings is 1. The Bertz CT molecular complexity index is 1040. The van der Waals surface area contributed by atoms with Gasteiger partial charge in [0.15, 0.2) is 0 Å². The van der Waals surface area contributed by atoms with Crippen molar-refractivity contribution in [1.29, 1.82) is 0 Å². The second-order valence-corrected chi connectivity index (χ2v) is 9.85. The number of ether oxygens (including phenoxy) is 1. The highest BCUT2D eigenvalue weighted by molar-refractivity contribution is 7.89. The molecule has 0 radical (unpaired) electrons. The number of carbonyl (C=O) groups is 1. The lowest BCUT2D eigenvalue weighted by Crippen LogP contribution is -2.41. The molecule has 0 saturated carbocycles. The van der Waals surface area contributed by atoms with Crippen molar-refractivity contribution < 1.29 is 17.9 Å². The number of benzene rings is 2. The van der Waals surface area contributed by atoms with Gasteiger partial charge < -0.3 is 10.1 Å². The molecule has 0 atom stereocenters. The van der Waals surface area contributed by atoms with Crippen LogP contribution in [-0.2, 0) is 14.8 Å². The lowest BCUT2D eigenvalue weighted by molar-refractivity contribution is -0.120. The molecule has 9 heteroatoms. The average Bonchev–Trinajstić information content (AvgIpc) is 2.73. The predicted octanol–water partition coefficient (Wildman–Crippen LogP) is 4.74. The first-order valence-corrected chi connectivity index (χ1v) is 11.9. The summed E-state index contributed by atoms with van der Waals surface area (Å²) < 4.78 is 32.9. The van der Waals surface area contributed by atoms with E-state index in [9.17, 15) is 13.2 Å². The summed E-state index contributed by atoms with van der Waals surface area (Å²) in [5.41, 5.74) is 1.22. The van der Waals surface area contributed by atoms with E-state index >= 15 is 0 Å². The number of amides is 1. The van der Waals surface area contributed by atoms with E-state index in [1.165, 1.54) is 4.31 Å². The van der Waals surface area contributed by atoms with Crippen molar-refractivity contribution in [2.75, 3.05) is 25.0 Å². The summed E-state index contributed by atoms with van der Waals surface area (Å²) in [5.74, 6) is 0.188. The molecule has 2 aromatic carbocycles. The molecule has 30 heavy (non-hydrogen) atoms. The normalized spacial score (nSPS) is 15.7. The maximum Gasteiger partial charge on any atom is 0.243 e. The van der Waals surface area contributed by atoms with Gasteiger partial charge in [-0.2, -0.15) is 4.31 Å². The zero-order chi connectivity index (χ0) is 21.9. The van der Waals surface area contributed by atoms with Crippen molar-refractivity contribution >= 4 is 44.8 Å². The zero-order valence-electron chi connectivity index (χ0n) is 16.8. The minimum absolute atomic E-state index is 0.187. The van der Waals surface area contributed by atoms with Crippen LogP contribution in [0.1, 0.15) is 25.3 Å². The third-order valence-electron chi connectivity index (χ3n) is 5.12. The topological polar surface area (TPSA) is 75.7 Å². The second-order valence-electron chi connectivity index (χ2n) is 7.13.